The smallest absolute Gasteiger partial charge is 0.230 e. The molecular weight excluding hydrogens is 196 g/mol. The number of hydrogen-bond acceptors (Lipinski definition) is 4. The van der Waals surface area contributed by atoms with Crippen LogP contribution in [0.5, 0.6) is 0 Å². The highest BCUT2D eigenvalue weighted by Crippen LogP contribution is 2.14. The molecule has 1 rings (SSSR count). The molecule has 0 amide bonds. The van der Waals surface area contributed by atoms with E-state index in [0.717, 1.165) is 17.7 Å². The fourth-order valence-electron chi connectivity index (χ4n) is 0.710. The predicted molar refractivity (Wildman–Crippen MR) is 50.0 cm³/mol. The number of nitrogens with one attached hydrogen (secondary N) is 1. The molecule has 0 aromatic carbocycles. The molecule has 1 N–H and O–H groups in total. The van der Waals surface area contributed by atoms with Gasteiger partial charge in [-0.3, -0.25) is 4.72 Å². The average Bonchev–Trinajstić information content (AvgIpc) is 2.32. The zero-order valence-corrected chi connectivity index (χ0v) is 8.50. The first-order chi connectivity index (χ1) is 5.51. The lowest BCUT2D eigenvalue weighted by Gasteiger charge is -1.96. The summed E-state index contributed by atoms with van der Waals surface area (Å²) in [4.78, 5) is 4.04. The Morgan fingerprint density at radius 1 is 1.67 bits per heavy atom. The summed E-state index contributed by atoms with van der Waals surface area (Å²) >= 11 is 1.45. The molecule has 0 atom stereocenters. The third-order valence-electron chi connectivity index (χ3n) is 1.14. The second-order valence-electron chi connectivity index (χ2n) is 2.35. The Hall–Kier alpha value is -0.620. The summed E-state index contributed by atoms with van der Waals surface area (Å²) in [6.07, 6.45) is 1.94. The predicted octanol–water partition coefficient (Wildman–Crippen LogP) is 1.08. The van der Waals surface area contributed by atoms with Crippen molar-refractivity contribution in [1.29, 1.82) is 0 Å². The van der Waals surface area contributed by atoms with E-state index in [-0.39, 0.29) is 0 Å². The topological polar surface area (TPSA) is 59.1 Å². The maximum absolute atomic E-state index is 10.8. The summed E-state index contributed by atoms with van der Waals surface area (Å²) in [5, 5.41) is 2.63. The van der Waals surface area contributed by atoms with Crippen LogP contribution in [-0.2, 0) is 16.4 Å². The highest BCUT2D eigenvalue weighted by Gasteiger charge is 2.04. The van der Waals surface area contributed by atoms with Crippen LogP contribution in [0.15, 0.2) is 5.38 Å². The van der Waals surface area contributed by atoms with Gasteiger partial charge in [-0.2, -0.15) is 0 Å². The molecule has 0 spiro atoms. The van der Waals surface area contributed by atoms with Crippen molar-refractivity contribution in [2.45, 2.75) is 13.3 Å². The first-order valence-electron chi connectivity index (χ1n) is 3.43. The highest BCUT2D eigenvalue weighted by atomic mass is 32.2. The number of hydrogen-bond donors (Lipinski definition) is 1. The zero-order valence-electron chi connectivity index (χ0n) is 6.86. The van der Waals surface area contributed by atoms with E-state index >= 15 is 0 Å². The number of aryl methyl sites for hydroxylation is 1. The lowest BCUT2D eigenvalue weighted by molar-refractivity contribution is 0.606. The van der Waals surface area contributed by atoms with Crippen LogP contribution in [0.4, 0.5) is 5.82 Å². The average molecular weight is 206 g/mol. The van der Waals surface area contributed by atoms with E-state index < -0.39 is 10.0 Å². The van der Waals surface area contributed by atoms with Crippen LogP contribution < -0.4 is 4.72 Å². The first kappa shape index (κ1) is 9.47. The largest absolute Gasteiger partial charge is 0.267 e. The van der Waals surface area contributed by atoms with Crippen molar-refractivity contribution in [2.24, 2.45) is 0 Å². The number of sulfonamides is 1. The van der Waals surface area contributed by atoms with E-state index in [9.17, 15) is 8.42 Å². The Labute approximate surface area is 75.7 Å². The van der Waals surface area contributed by atoms with E-state index in [0.29, 0.717) is 5.82 Å². The summed E-state index contributed by atoms with van der Waals surface area (Å²) < 4.78 is 23.8. The highest BCUT2D eigenvalue weighted by molar-refractivity contribution is 7.92. The van der Waals surface area contributed by atoms with E-state index in [1.165, 1.54) is 11.3 Å². The minimum Gasteiger partial charge on any atom is -0.267 e. The van der Waals surface area contributed by atoms with E-state index in [1.54, 1.807) is 5.38 Å². The summed E-state index contributed by atoms with van der Waals surface area (Å²) in [5.74, 6) is 0.416. The van der Waals surface area contributed by atoms with E-state index in [1.807, 2.05) is 6.92 Å². The Bertz CT molecular complexity index is 355. The monoisotopic (exact) mass is 206 g/mol. The van der Waals surface area contributed by atoms with Crippen molar-refractivity contribution >= 4 is 27.2 Å². The van der Waals surface area contributed by atoms with Crippen LogP contribution >= 0.6 is 11.3 Å². The number of rotatable bonds is 3. The minimum atomic E-state index is -3.18. The molecule has 0 radical (unpaired) electrons. The van der Waals surface area contributed by atoms with Gasteiger partial charge in [-0.15, -0.1) is 11.3 Å². The van der Waals surface area contributed by atoms with Crippen LogP contribution in [0.1, 0.15) is 11.9 Å². The molecule has 0 aliphatic rings. The van der Waals surface area contributed by atoms with Gasteiger partial charge in [-0.25, -0.2) is 13.4 Å². The summed E-state index contributed by atoms with van der Waals surface area (Å²) in [5.41, 5.74) is 0. The normalized spacial score (nSPS) is 11.5. The van der Waals surface area contributed by atoms with Gasteiger partial charge < -0.3 is 0 Å². The lowest BCUT2D eigenvalue weighted by Crippen LogP contribution is -2.09. The van der Waals surface area contributed by atoms with Crippen molar-refractivity contribution in [3.63, 3.8) is 0 Å². The molecule has 68 valence electrons. The molecule has 0 saturated heterocycles. The third kappa shape index (κ3) is 2.78. The number of aromatic nitrogens is 1. The molecule has 6 heteroatoms. The fourth-order valence-corrected chi connectivity index (χ4v) is 1.95. The number of nitrogens with zero attached hydrogens (tertiary/aromatic N) is 1. The Morgan fingerprint density at radius 3 is 2.75 bits per heavy atom. The van der Waals surface area contributed by atoms with Gasteiger partial charge in [-0.05, 0) is 6.42 Å². The van der Waals surface area contributed by atoms with Crippen LogP contribution in [0.2, 0.25) is 0 Å². The van der Waals surface area contributed by atoms with Crippen molar-refractivity contribution in [3.05, 3.63) is 10.4 Å². The third-order valence-corrected chi connectivity index (χ3v) is 2.72. The molecular formula is C6H10N2O2S2. The molecule has 0 saturated carbocycles. The number of anilines is 1. The summed E-state index contributed by atoms with van der Waals surface area (Å²) in [7, 11) is -3.18. The molecule has 0 bridgehead atoms. The van der Waals surface area contributed by atoms with Gasteiger partial charge in [0.15, 0.2) is 5.82 Å². The second-order valence-corrected chi connectivity index (χ2v) is 5.05. The fraction of sp³-hybridized carbons (Fsp3) is 0.500. The van der Waals surface area contributed by atoms with Gasteiger partial charge in [0.05, 0.1) is 11.3 Å². The molecule has 1 aromatic rings. The molecule has 0 unspecified atom stereocenters. The minimum absolute atomic E-state index is 0.416. The zero-order chi connectivity index (χ0) is 9.19. The second kappa shape index (κ2) is 3.40. The molecule has 0 aliphatic heterocycles. The molecule has 12 heavy (non-hydrogen) atoms. The number of thiazole rings is 1. The molecule has 4 nitrogen and oxygen atoms in total. The van der Waals surface area contributed by atoms with Crippen LogP contribution in [0.3, 0.4) is 0 Å². The summed E-state index contributed by atoms with van der Waals surface area (Å²) in [6, 6.07) is 0. The van der Waals surface area contributed by atoms with E-state index in [2.05, 4.69) is 9.71 Å². The van der Waals surface area contributed by atoms with Crippen molar-refractivity contribution in [1.82, 2.24) is 4.98 Å². The van der Waals surface area contributed by atoms with Crippen LogP contribution in [0, 0.1) is 0 Å². The quantitative estimate of drug-likeness (QED) is 0.805. The van der Waals surface area contributed by atoms with Gasteiger partial charge in [0.25, 0.3) is 0 Å². The molecule has 1 aromatic heterocycles. The van der Waals surface area contributed by atoms with Gasteiger partial charge in [0.1, 0.15) is 0 Å². The van der Waals surface area contributed by atoms with Gasteiger partial charge in [0, 0.05) is 5.38 Å². The first-order valence-corrected chi connectivity index (χ1v) is 6.20. The standard InChI is InChI=1S/C6H10N2O2S2/c1-3-6-7-5(4-11-6)8-12(2,9)10/h4,8H,3H2,1-2H3. The molecule has 0 aliphatic carbocycles. The Morgan fingerprint density at radius 2 is 2.33 bits per heavy atom. The van der Waals surface area contributed by atoms with Crippen LogP contribution in [-0.4, -0.2) is 19.7 Å². The summed E-state index contributed by atoms with van der Waals surface area (Å²) in [6.45, 7) is 1.98. The molecule has 1 heterocycles. The molecule has 0 fully saturated rings. The Kier molecular flexibility index (Phi) is 2.69. The SMILES string of the molecule is CCc1nc(NS(C)(=O)=O)cs1. The maximum Gasteiger partial charge on any atom is 0.230 e. The lowest BCUT2D eigenvalue weighted by atomic mass is 10.5. The van der Waals surface area contributed by atoms with Gasteiger partial charge >= 0.3 is 0 Å². The van der Waals surface area contributed by atoms with Crippen molar-refractivity contribution < 1.29 is 8.42 Å². The van der Waals surface area contributed by atoms with Crippen molar-refractivity contribution in [3.8, 4) is 0 Å². The Balaban J connectivity index is 2.78. The van der Waals surface area contributed by atoms with E-state index in [4.69, 9.17) is 0 Å². The van der Waals surface area contributed by atoms with Crippen LogP contribution in [0.25, 0.3) is 0 Å². The van der Waals surface area contributed by atoms with Gasteiger partial charge in [-0.1, -0.05) is 6.92 Å². The van der Waals surface area contributed by atoms with Gasteiger partial charge in [0.2, 0.25) is 10.0 Å². The maximum atomic E-state index is 10.8. The van der Waals surface area contributed by atoms with Crippen molar-refractivity contribution in [2.75, 3.05) is 11.0 Å².